The zero-order chi connectivity index (χ0) is 13.5. The zero-order valence-electron chi connectivity index (χ0n) is 11.7. The van der Waals surface area contributed by atoms with Crippen LogP contribution in [0.3, 0.4) is 0 Å². The van der Waals surface area contributed by atoms with Crippen LogP contribution in [0.25, 0.3) is 0 Å². The summed E-state index contributed by atoms with van der Waals surface area (Å²) in [5.41, 5.74) is 4.18. The summed E-state index contributed by atoms with van der Waals surface area (Å²) in [6, 6.07) is 4.31. The second-order valence-electron chi connectivity index (χ2n) is 5.95. The van der Waals surface area contributed by atoms with Crippen molar-refractivity contribution in [1.82, 2.24) is 5.32 Å². The Morgan fingerprint density at radius 2 is 2.25 bits per heavy atom. The van der Waals surface area contributed by atoms with Crippen molar-refractivity contribution in [2.75, 3.05) is 31.1 Å². The number of amides is 1. The lowest BCUT2D eigenvalue weighted by Gasteiger charge is -2.21. The number of nitrogens with zero attached hydrogens (tertiary/aromatic N) is 1. The van der Waals surface area contributed by atoms with Crippen LogP contribution < -0.4 is 15.0 Å². The standard InChI is InChI=1S/C16H20N2O2/c19-16(12-1-2-12)17-7-9-18-8-5-11-3-4-14-13(15(11)18)6-10-20-14/h3-4,12H,1-2,5-10H2,(H,17,19). The summed E-state index contributed by atoms with van der Waals surface area (Å²) in [5.74, 6) is 1.60. The summed E-state index contributed by atoms with van der Waals surface area (Å²) >= 11 is 0. The van der Waals surface area contributed by atoms with Gasteiger partial charge in [-0.2, -0.15) is 0 Å². The molecule has 4 rings (SSSR count). The van der Waals surface area contributed by atoms with E-state index in [1.54, 1.807) is 0 Å². The zero-order valence-corrected chi connectivity index (χ0v) is 11.7. The van der Waals surface area contributed by atoms with Crippen LogP contribution >= 0.6 is 0 Å². The number of hydrogen-bond acceptors (Lipinski definition) is 3. The van der Waals surface area contributed by atoms with Crippen LogP contribution in [0.5, 0.6) is 5.75 Å². The van der Waals surface area contributed by atoms with E-state index < -0.39 is 0 Å². The maximum Gasteiger partial charge on any atom is 0.223 e. The van der Waals surface area contributed by atoms with Gasteiger partial charge in [0.2, 0.25) is 5.91 Å². The van der Waals surface area contributed by atoms with E-state index >= 15 is 0 Å². The van der Waals surface area contributed by atoms with E-state index in [1.165, 1.54) is 16.8 Å². The lowest BCUT2D eigenvalue weighted by Crippen LogP contribution is -2.35. The van der Waals surface area contributed by atoms with Gasteiger partial charge in [-0.3, -0.25) is 4.79 Å². The van der Waals surface area contributed by atoms with Crippen LogP contribution in [-0.2, 0) is 17.6 Å². The summed E-state index contributed by atoms with van der Waals surface area (Å²) in [6.45, 7) is 3.52. The van der Waals surface area contributed by atoms with Crippen LogP contribution in [0.4, 0.5) is 5.69 Å². The van der Waals surface area contributed by atoms with Crippen molar-refractivity contribution in [3.8, 4) is 5.75 Å². The fourth-order valence-corrected chi connectivity index (χ4v) is 3.30. The molecule has 3 aliphatic rings. The topological polar surface area (TPSA) is 41.6 Å². The fraction of sp³-hybridized carbons (Fsp3) is 0.562. The van der Waals surface area contributed by atoms with E-state index in [2.05, 4.69) is 22.3 Å². The van der Waals surface area contributed by atoms with Gasteiger partial charge in [0.05, 0.1) is 6.61 Å². The van der Waals surface area contributed by atoms with E-state index in [-0.39, 0.29) is 5.91 Å². The first-order chi connectivity index (χ1) is 9.83. The minimum absolute atomic E-state index is 0.242. The lowest BCUT2D eigenvalue weighted by molar-refractivity contribution is -0.122. The molecule has 0 saturated heterocycles. The highest BCUT2D eigenvalue weighted by Gasteiger charge is 2.30. The largest absolute Gasteiger partial charge is 0.493 e. The van der Waals surface area contributed by atoms with Crippen molar-refractivity contribution in [2.24, 2.45) is 5.92 Å². The smallest absolute Gasteiger partial charge is 0.223 e. The Hall–Kier alpha value is -1.71. The molecule has 4 heteroatoms. The average molecular weight is 272 g/mol. The van der Waals surface area contributed by atoms with Gasteiger partial charge >= 0.3 is 0 Å². The molecule has 0 radical (unpaired) electrons. The van der Waals surface area contributed by atoms with Crippen LogP contribution in [-0.4, -0.2) is 32.1 Å². The van der Waals surface area contributed by atoms with E-state index in [1.807, 2.05) is 0 Å². The number of benzene rings is 1. The SMILES string of the molecule is O=C(NCCN1CCc2ccc3c(c21)CCO3)C1CC1. The van der Waals surface area contributed by atoms with Gasteiger partial charge < -0.3 is 15.0 Å². The highest BCUT2D eigenvalue weighted by Crippen LogP contribution is 2.40. The first kappa shape index (κ1) is 12.1. The summed E-state index contributed by atoms with van der Waals surface area (Å²) in [7, 11) is 0. The van der Waals surface area contributed by atoms with Crippen molar-refractivity contribution in [3.05, 3.63) is 23.3 Å². The number of anilines is 1. The van der Waals surface area contributed by atoms with Gasteiger partial charge in [-0.25, -0.2) is 0 Å². The molecule has 2 heterocycles. The fourth-order valence-electron chi connectivity index (χ4n) is 3.30. The molecule has 4 nitrogen and oxygen atoms in total. The van der Waals surface area contributed by atoms with Gasteiger partial charge in [0.25, 0.3) is 0 Å². The Labute approximate surface area is 119 Å². The molecular formula is C16H20N2O2. The molecule has 0 atom stereocenters. The maximum atomic E-state index is 11.7. The molecular weight excluding hydrogens is 252 g/mol. The lowest BCUT2D eigenvalue weighted by atomic mass is 10.1. The Morgan fingerprint density at radius 1 is 1.35 bits per heavy atom. The van der Waals surface area contributed by atoms with Gasteiger partial charge in [-0.1, -0.05) is 6.07 Å². The number of hydrogen-bond donors (Lipinski definition) is 1. The maximum absolute atomic E-state index is 11.7. The average Bonchev–Trinajstić information content (AvgIpc) is 3.06. The number of fused-ring (bicyclic) bond motifs is 3. The molecule has 0 unspecified atom stereocenters. The second-order valence-corrected chi connectivity index (χ2v) is 5.95. The van der Waals surface area contributed by atoms with Crippen LogP contribution in [0.2, 0.25) is 0 Å². The number of ether oxygens (including phenoxy) is 1. The molecule has 1 amide bonds. The van der Waals surface area contributed by atoms with Crippen LogP contribution in [0, 0.1) is 5.92 Å². The van der Waals surface area contributed by atoms with Gasteiger partial charge in [0.15, 0.2) is 0 Å². The number of rotatable bonds is 4. The van der Waals surface area contributed by atoms with Gasteiger partial charge in [0, 0.05) is 43.2 Å². The first-order valence-corrected chi connectivity index (χ1v) is 7.63. The Kier molecular flexibility index (Phi) is 2.83. The third kappa shape index (κ3) is 2.03. The minimum atomic E-state index is 0.242. The van der Waals surface area contributed by atoms with Crippen LogP contribution in [0.1, 0.15) is 24.0 Å². The molecule has 0 aromatic heterocycles. The van der Waals surface area contributed by atoms with E-state index in [0.717, 1.165) is 57.7 Å². The van der Waals surface area contributed by atoms with E-state index in [4.69, 9.17) is 4.74 Å². The molecule has 1 aliphatic carbocycles. The van der Waals surface area contributed by atoms with Crippen molar-refractivity contribution in [3.63, 3.8) is 0 Å². The molecule has 1 aromatic carbocycles. The summed E-state index contributed by atoms with van der Waals surface area (Å²) < 4.78 is 5.66. The molecule has 0 bridgehead atoms. The predicted molar refractivity (Wildman–Crippen MR) is 77.3 cm³/mol. The van der Waals surface area contributed by atoms with Crippen molar-refractivity contribution in [2.45, 2.75) is 25.7 Å². The van der Waals surface area contributed by atoms with Crippen LogP contribution in [0.15, 0.2) is 12.1 Å². The van der Waals surface area contributed by atoms with Crippen molar-refractivity contribution in [1.29, 1.82) is 0 Å². The highest BCUT2D eigenvalue weighted by atomic mass is 16.5. The molecule has 1 aromatic rings. The summed E-state index contributed by atoms with van der Waals surface area (Å²) in [6.07, 6.45) is 4.27. The van der Waals surface area contributed by atoms with Gasteiger partial charge in [-0.05, 0) is 30.9 Å². The Bertz CT molecular complexity index is 552. The quantitative estimate of drug-likeness (QED) is 0.903. The van der Waals surface area contributed by atoms with E-state index in [9.17, 15) is 4.79 Å². The third-order valence-corrected chi connectivity index (χ3v) is 4.53. The molecule has 2 aliphatic heterocycles. The molecule has 1 N–H and O–H groups in total. The minimum Gasteiger partial charge on any atom is -0.493 e. The summed E-state index contributed by atoms with van der Waals surface area (Å²) in [5, 5.41) is 3.06. The normalized spacial score (nSPS) is 19.5. The molecule has 20 heavy (non-hydrogen) atoms. The monoisotopic (exact) mass is 272 g/mol. The Morgan fingerprint density at radius 3 is 3.10 bits per heavy atom. The van der Waals surface area contributed by atoms with Crippen molar-refractivity contribution >= 4 is 11.6 Å². The first-order valence-electron chi connectivity index (χ1n) is 7.63. The molecule has 1 saturated carbocycles. The number of carbonyl (C=O) groups is 1. The summed E-state index contributed by atoms with van der Waals surface area (Å²) in [4.78, 5) is 14.1. The van der Waals surface area contributed by atoms with E-state index in [0.29, 0.717) is 5.92 Å². The van der Waals surface area contributed by atoms with Gasteiger partial charge in [0.1, 0.15) is 5.75 Å². The predicted octanol–water partition coefficient (Wildman–Crippen LogP) is 1.51. The second kappa shape index (κ2) is 4.69. The van der Waals surface area contributed by atoms with Gasteiger partial charge in [-0.15, -0.1) is 0 Å². The highest BCUT2D eigenvalue weighted by molar-refractivity contribution is 5.80. The molecule has 106 valence electrons. The molecule has 1 fully saturated rings. The molecule has 0 spiro atoms. The Balaban J connectivity index is 1.44. The number of nitrogens with one attached hydrogen (secondary N) is 1. The van der Waals surface area contributed by atoms with Crippen molar-refractivity contribution < 1.29 is 9.53 Å². The third-order valence-electron chi connectivity index (χ3n) is 4.53. The number of carbonyl (C=O) groups excluding carboxylic acids is 1.